The van der Waals surface area contributed by atoms with Gasteiger partial charge in [0.05, 0.1) is 4.47 Å². The van der Waals surface area contributed by atoms with Crippen molar-refractivity contribution < 1.29 is 4.39 Å². The van der Waals surface area contributed by atoms with Gasteiger partial charge in [0.2, 0.25) is 0 Å². The number of benzene rings is 2. The predicted molar refractivity (Wildman–Crippen MR) is 87.4 cm³/mol. The SMILES string of the molecule is NC(=S)c1c(Br)cccc1Nc1ccc(F)c(Br)c1. The fourth-order valence-electron chi connectivity index (χ4n) is 1.61. The summed E-state index contributed by atoms with van der Waals surface area (Å²) in [6.07, 6.45) is 0. The van der Waals surface area contributed by atoms with Gasteiger partial charge in [0.15, 0.2) is 0 Å². The van der Waals surface area contributed by atoms with Crippen LogP contribution in [0, 0.1) is 5.82 Å². The third-order valence-corrected chi connectivity index (χ3v) is 3.93. The van der Waals surface area contributed by atoms with Crippen LogP contribution in [0.4, 0.5) is 15.8 Å². The Bertz CT molecular complexity index is 647. The largest absolute Gasteiger partial charge is 0.389 e. The van der Waals surface area contributed by atoms with Gasteiger partial charge in [-0.05, 0) is 62.2 Å². The van der Waals surface area contributed by atoms with Crippen molar-refractivity contribution in [2.75, 3.05) is 5.32 Å². The highest BCUT2D eigenvalue weighted by Gasteiger charge is 2.10. The molecule has 2 nitrogen and oxygen atoms in total. The number of rotatable bonds is 3. The molecule has 0 heterocycles. The highest BCUT2D eigenvalue weighted by molar-refractivity contribution is 9.10. The van der Waals surface area contributed by atoms with Crippen LogP contribution in [0.15, 0.2) is 45.3 Å². The molecule has 0 saturated heterocycles. The van der Waals surface area contributed by atoms with Crippen LogP contribution in [0.3, 0.4) is 0 Å². The van der Waals surface area contributed by atoms with E-state index in [4.69, 9.17) is 18.0 Å². The maximum absolute atomic E-state index is 13.2. The summed E-state index contributed by atoms with van der Waals surface area (Å²) >= 11 is 11.6. The Hall–Kier alpha value is -0.980. The molecule has 0 bridgehead atoms. The quantitative estimate of drug-likeness (QED) is 0.727. The number of halogens is 3. The predicted octanol–water partition coefficient (Wildman–Crippen LogP) is 4.73. The van der Waals surface area contributed by atoms with Gasteiger partial charge in [-0.15, -0.1) is 0 Å². The van der Waals surface area contributed by atoms with Gasteiger partial charge in [0, 0.05) is 21.4 Å². The summed E-state index contributed by atoms with van der Waals surface area (Å²) in [4.78, 5) is 0.288. The van der Waals surface area contributed by atoms with Gasteiger partial charge in [-0.2, -0.15) is 0 Å². The number of nitrogens with two attached hydrogens (primary N) is 1. The Morgan fingerprint density at radius 2 is 1.89 bits per heavy atom. The van der Waals surface area contributed by atoms with Crippen molar-refractivity contribution in [2.45, 2.75) is 0 Å². The lowest BCUT2D eigenvalue weighted by atomic mass is 10.1. The maximum Gasteiger partial charge on any atom is 0.137 e. The Morgan fingerprint density at radius 3 is 2.53 bits per heavy atom. The molecule has 2 aromatic rings. The second-order valence-corrected chi connectivity index (χ2v) is 5.93. The van der Waals surface area contributed by atoms with Crippen molar-refractivity contribution in [2.24, 2.45) is 5.73 Å². The summed E-state index contributed by atoms with van der Waals surface area (Å²) in [5.41, 5.74) is 7.94. The minimum atomic E-state index is -0.311. The second-order valence-electron chi connectivity index (χ2n) is 3.78. The second kappa shape index (κ2) is 5.98. The monoisotopic (exact) mass is 402 g/mol. The molecule has 0 aromatic heterocycles. The van der Waals surface area contributed by atoms with Gasteiger partial charge in [-0.25, -0.2) is 4.39 Å². The molecule has 0 aliphatic heterocycles. The van der Waals surface area contributed by atoms with Crippen LogP contribution in [0.25, 0.3) is 0 Å². The van der Waals surface area contributed by atoms with Crippen LogP contribution in [0.1, 0.15) is 5.56 Å². The molecule has 0 radical (unpaired) electrons. The molecule has 0 amide bonds. The fraction of sp³-hybridized carbons (Fsp3) is 0. The average Bonchev–Trinajstić information content (AvgIpc) is 2.33. The number of anilines is 2. The van der Waals surface area contributed by atoms with Crippen LogP contribution in [0.2, 0.25) is 0 Å². The van der Waals surface area contributed by atoms with Gasteiger partial charge >= 0.3 is 0 Å². The standard InChI is InChI=1S/C13H9Br2FN2S/c14-8-2-1-3-11(12(8)13(17)19)18-7-4-5-10(16)9(15)6-7/h1-6,18H,(H2,17,19). The summed E-state index contributed by atoms with van der Waals surface area (Å²) in [6, 6.07) is 10.3. The summed E-state index contributed by atoms with van der Waals surface area (Å²) in [6.45, 7) is 0. The van der Waals surface area contributed by atoms with Crippen molar-refractivity contribution in [3.63, 3.8) is 0 Å². The Morgan fingerprint density at radius 1 is 1.16 bits per heavy atom. The van der Waals surface area contributed by atoms with E-state index in [2.05, 4.69) is 37.2 Å². The first kappa shape index (κ1) is 14.4. The zero-order chi connectivity index (χ0) is 14.0. The molecule has 0 fully saturated rings. The number of thiocarbonyl (C=S) groups is 1. The van der Waals surface area contributed by atoms with Gasteiger partial charge in [0.1, 0.15) is 10.8 Å². The van der Waals surface area contributed by atoms with E-state index in [1.807, 2.05) is 18.2 Å². The minimum absolute atomic E-state index is 0.288. The molecule has 0 aliphatic carbocycles. The van der Waals surface area contributed by atoms with Crippen LogP contribution < -0.4 is 11.1 Å². The average molecular weight is 404 g/mol. The maximum atomic E-state index is 13.2. The Labute approximate surface area is 132 Å². The van der Waals surface area contributed by atoms with Crippen molar-refractivity contribution >= 4 is 60.4 Å². The summed E-state index contributed by atoms with van der Waals surface area (Å²) in [5, 5.41) is 3.17. The molecule has 2 rings (SSSR count). The third-order valence-electron chi connectivity index (χ3n) is 2.46. The minimum Gasteiger partial charge on any atom is -0.389 e. The molecular weight excluding hydrogens is 395 g/mol. The molecule has 0 saturated carbocycles. The van der Waals surface area contributed by atoms with Crippen LogP contribution >= 0.6 is 44.1 Å². The molecule has 98 valence electrons. The van der Waals surface area contributed by atoms with E-state index in [-0.39, 0.29) is 10.8 Å². The zero-order valence-corrected chi connectivity index (χ0v) is 13.6. The lowest BCUT2D eigenvalue weighted by molar-refractivity contribution is 0.621. The molecule has 2 aromatic carbocycles. The first-order valence-electron chi connectivity index (χ1n) is 5.29. The lowest BCUT2D eigenvalue weighted by Gasteiger charge is -2.13. The first-order chi connectivity index (χ1) is 8.99. The van der Waals surface area contributed by atoms with Crippen molar-refractivity contribution in [1.29, 1.82) is 0 Å². The normalized spacial score (nSPS) is 10.3. The Kier molecular flexibility index (Phi) is 4.54. The molecule has 0 spiro atoms. The van der Waals surface area contributed by atoms with E-state index in [0.717, 1.165) is 21.4 Å². The van der Waals surface area contributed by atoms with Crippen LogP contribution in [0.5, 0.6) is 0 Å². The molecule has 0 atom stereocenters. The van der Waals surface area contributed by atoms with E-state index in [1.54, 1.807) is 12.1 Å². The topological polar surface area (TPSA) is 38.0 Å². The molecule has 0 unspecified atom stereocenters. The van der Waals surface area contributed by atoms with E-state index in [1.165, 1.54) is 6.07 Å². The highest BCUT2D eigenvalue weighted by Crippen LogP contribution is 2.29. The molecular formula is C13H9Br2FN2S. The summed E-state index contributed by atoms with van der Waals surface area (Å²) in [7, 11) is 0. The molecule has 3 N–H and O–H groups in total. The van der Waals surface area contributed by atoms with Crippen LogP contribution in [-0.4, -0.2) is 4.99 Å². The van der Waals surface area contributed by atoms with Gasteiger partial charge in [0.25, 0.3) is 0 Å². The highest BCUT2D eigenvalue weighted by atomic mass is 79.9. The Balaban J connectivity index is 2.40. The van der Waals surface area contributed by atoms with Crippen molar-refractivity contribution in [1.82, 2.24) is 0 Å². The first-order valence-corrected chi connectivity index (χ1v) is 7.29. The van der Waals surface area contributed by atoms with Crippen molar-refractivity contribution in [3.05, 3.63) is 56.7 Å². The third kappa shape index (κ3) is 3.32. The van der Waals surface area contributed by atoms with E-state index >= 15 is 0 Å². The summed E-state index contributed by atoms with van der Waals surface area (Å²) < 4.78 is 14.4. The van der Waals surface area contributed by atoms with E-state index in [9.17, 15) is 4.39 Å². The van der Waals surface area contributed by atoms with E-state index in [0.29, 0.717) is 4.47 Å². The number of hydrogen-bond donors (Lipinski definition) is 2. The fourth-order valence-corrected chi connectivity index (χ4v) is 2.92. The lowest BCUT2D eigenvalue weighted by Crippen LogP contribution is -2.12. The zero-order valence-electron chi connectivity index (χ0n) is 9.58. The molecule has 6 heteroatoms. The van der Waals surface area contributed by atoms with E-state index < -0.39 is 0 Å². The molecule has 19 heavy (non-hydrogen) atoms. The van der Waals surface area contributed by atoms with Crippen LogP contribution in [-0.2, 0) is 0 Å². The molecule has 0 aliphatic rings. The summed E-state index contributed by atoms with van der Waals surface area (Å²) in [5.74, 6) is -0.311. The van der Waals surface area contributed by atoms with Gasteiger partial charge in [-0.3, -0.25) is 0 Å². The smallest absolute Gasteiger partial charge is 0.137 e. The van der Waals surface area contributed by atoms with Crippen molar-refractivity contribution in [3.8, 4) is 0 Å². The van der Waals surface area contributed by atoms with Gasteiger partial charge in [-0.1, -0.05) is 18.3 Å². The number of nitrogens with one attached hydrogen (secondary N) is 1. The van der Waals surface area contributed by atoms with Gasteiger partial charge < -0.3 is 11.1 Å². The number of hydrogen-bond acceptors (Lipinski definition) is 2.